The van der Waals surface area contributed by atoms with Crippen LogP contribution in [-0.2, 0) is 0 Å². The summed E-state index contributed by atoms with van der Waals surface area (Å²) in [6.45, 7) is 7.90. The average molecular weight is 242 g/mol. The highest BCUT2D eigenvalue weighted by Crippen LogP contribution is 2.38. The number of hydrogen-bond donors (Lipinski definition) is 2. The molecule has 0 radical (unpaired) electrons. The van der Waals surface area contributed by atoms with Crippen molar-refractivity contribution in [2.24, 2.45) is 0 Å². The largest absolute Gasteiger partial charge is 0.508 e. The maximum Gasteiger partial charge on any atom is 0.122 e. The molecule has 0 unspecified atom stereocenters. The van der Waals surface area contributed by atoms with E-state index in [9.17, 15) is 10.2 Å². The maximum atomic E-state index is 10.2. The molecule has 0 spiro atoms. The van der Waals surface area contributed by atoms with E-state index in [4.69, 9.17) is 0 Å². The minimum Gasteiger partial charge on any atom is -0.508 e. The molecule has 2 aromatic rings. The Morgan fingerprint density at radius 2 is 1.44 bits per heavy atom. The minimum absolute atomic E-state index is 0.240. The Morgan fingerprint density at radius 1 is 0.778 bits per heavy atom. The third-order valence-corrected chi connectivity index (χ3v) is 3.72. The Bertz CT molecular complexity index is 584. The maximum absolute atomic E-state index is 10.2. The molecule has 2 N–H and O–H groups in total. The Kier molecular flexibility index (Phi) is 3.04. The predicted octanol–water partition coefficient (Wildman–Crippen LogP) is 4.00. The van der Waals surface area contributed by atoms with Crippen LogP contribution in [0, 0.1) is 27.7 Å². The van der Waals surface area contributed by atoms with Gasteiger partial charge in [0, 0.05) is 0 Å². The van der Waals surface area contributed by atoms with Crippen LogP contribution in [0.25, 0.3) is 11.1 Å². The summed E-state index contributed by atoms with van der Waals surface area (Å²) in [4.78, 5) is 0. The fourth-order valence-corrected chi connectivity index (χ4v) is 2.42. The molecule has 0 saturated carbocycles. The first-order valence-electron chi connectivity index (χ1n) is 6.02. The fraction of sp³-hybridized carbons (Fsp3) is 0.250. The SMILES string of the molecule is Cc1c(C)c(O)c(C)c(-c2cccc(O)c2)c1C. The molecule has 2 nitrogen and oxygen atoms in total. The lowest BCUT2D eigenvalue weighted by molar-refractivity contribution is 0.466. The second-order valence-electron chi connectivity index (χ2n) is 4.77. The highest BCUT2D eigenvalue weighted by Gasteiger charge is 2.15. The smallest absolute Gasteiger partial charge is 0.122 e. The lowest BCUT2D eigenvalue weighted by atomic mass is 9.89. The van der Waals surface area contributed by atoms with Crippen LogP contribution in [0.3, 0.4) is 0 Å². The van der Waals surface area contributed by atoms with E-state index in [2.05, 4.69) is 0 Å². The Morgan fingerprint density at radius 3 is 2.06 bits per heavy atom. The first-order chi connectivity index (χ1) is 8.43. The number of benzene rings is 2. The number of hydrogen-bond acceptors (Lipinski definition) is 2. The standard InChI is InChI=1S/C16H18O2/c1-9-10(2)15(12(4)16(18)11(9)3)13-6-5-7-14(17)8-13/h5-8,17-18H,1-4H3. The van der Waals surface area contributed by atoms with Crippen molar-refractivity contribution >= 4 is 0 Å². The van der Waals surface area contributed by atoms with Crippen LogP contribution in [0.2, 0.25) is 0 Å². The highest BCUT2D eigenvalue weighted by atomic mass is 16.3. The van der Waals surface area contributed by atoms with Crippen molar-refractivity contribution in [3.8, 4) is 22.6 Å². The zero-order chi connectivity index (χ0) is 13.4. The van der Waals surface area contributed by atoms with E-state index in [0.717, 1.165) is 33.4 Å². The molecular formula is C16H18O2. The van der Waals surface area contributed by atoms with Gasteiger partial charge >= 0.3 is 0 Å². The van der Waals surface area contributed by atoms with Crippen LogP contribution < -0.4 is 0 Å². The van der Waals surface area contributed by atoms with Gasteiger partial charge in [-0.2, -0.15) is 0 Å². The molecule has 0 bridgehead atoms. The van der Waals surface area contributed by atoms with Gasteiger partial charge in [0.1, 0.15) is 11.5 Å². The van der Waals surface area contributed by atoms with Gasteiger partial charge in [-0.05, 0) is 73.2 Å². The van der Waals surface area contributed by atoms with E-state index in [1.807, 2.05) is 39.8 Å². The van der Waals surface area contributed by atoms with E-state index in [1.165, 1.54) is 0 Å². The van der Waals surface area contributed by atoms with Gasteiger partial charge in [-0.15, -0.1) is 0 Å². The summed E-state index contributed by atoms with van der Waals surface area (Å²) in [6.07, 6.45) is 0. The molecule has 0 atom stereocenters. The lowest BCUT2D eigenvalue weighted by Crippen LogP contribution is -1.96. The summed E-state index contributed by atoms with van der Waals surface area (Å²) in [5, 5.41) is 19.7. The van der Waals surface area contributed by atoms with E-state index in [0.29, 0.717) is 5.75 Å². The fourth-order valence-electron chi connectivity index (χ4n) is 2.42. The van der Waals surface area contributed by atoms with Gasteiger partial charge in [0.25, 0.3) is 0 Å². The molecule has 2 aromatic carbocycles. The molecule has 0 amide bonds. The van der Waals surface area contributed by atoms with Crippen LogP contribution in [0.5, 0.6) is 11.5 Å². The van der Waals surface area contributed by atoms with Gasteiger partial charge in [-0.1, -0.05) is 12.1 Å². The van der Waals surface area contributed by atoms with Crippen LogP contribution >= 0.6 is 0 Å². The summed E-state index contributed by atoms with van der Waals surface area (Å²) >= 11 is 0. The molecular weight excluding hydrogens is 224 g/mol. The Labute approximate surface area is 108 Å². The number of rotatable bonds is 1. The van der Waals surface area contributed by atoms with E-state index >= 15 is 0 Å². The predicted molar refractivity (Wildman–Crippen MR) is 74.2 cm³/mol. The third-order valence-electron chi connectivity index (χ3n) is 3.72. The first-order valence-corrected chi connectivity index (χ1v) is 6.02. The molecule has 0 aliphatic rings. The summed E-state index contributed by atoms with van der Waals surface area (Å²) < 4.78 is 0. The van der Waals surface area contributed by atoms with Crippen molar-refractivity contribution in [1.82, 2.24) is 0 Å². The highest BCUT2D eigenvalue weighted by molar-refractivity contribution is 5.76. The van der Waals surface area contributed by atoms with Crippen molar-refractivity contribution < 1.29 is 10.2 Å². The third kappa shape index (κ3) is 1.84. The summed E-state index contributed by atoms with van der Waals surface area (Å²) in [5.41, 5.74) is 5.97. The van der Waals surface area contributed by atoms with Gasteiger partial charge < -0.3 is 10.2 Å². The van der Waals surface area contributed by atoms with Gasteiger partial charge in [0.2, 0.25) is 0 Å². The second-order valence-corrected chi connectivity index (χ2v) is 4.77. The minimum atomic E-state index is 0.240. The summed E-state index contributed by atoms with van der Waals surface area (Å²) in [6, 6.07) is 7.14. The average Bonchev–Trinajstić information content (AvgIpc) is 2.34. The van der Waals surface area contributed by atoms with E-state index < -0.39 is 0 Å². The molecule has 94 valence electrons. The summed E-state index contributed by atoms with van der Waals surface area (Å²) in [7, 11) is 0. The Balaban J connectivity index is 2.80. The molecule has 0 aliphatic carbocycles. The van der Waals surface area contributed by atoms with Gasteiger partial charge in [-0.3, -0.25) is 0 Å². The van der Waals surface area contributed by atoms with Crippen LogP contribution in [0.1, 0.15) is 22.3 Å². The van der Waals surface area contributed by atoms with E-state index in [-0.39, 0.29) is 5.75 Å². The van der Waals surface area contributed by atoms with Crippen LogP contribution in [0.15, 0.2) is 24.3 Å². The lowest BCUT2D eigenvalue weighted by Gasteiger charge is -2.17. The van der Waals surface area contributed by atoms with Gasteiger partial charge in [0.05, 0.1) is 0 Å². The molecule has 0 fully saturated rings. The normalized spacial score (nSPS) is 10.7. The molecule has 0 aromatic heterocycles. The zero-order valence-electron chi connectivity index (χ0n) is 11.2. The quantitative estimate of drug-likeness (QED) is 0.793. The van der Waals surface area contributed by atoms with Crippen molar-refractivity contribution in [2.45, 2.75) is 27.7 Å². The molecule has 18 heavy (non-hydrogen) atoms. The van der Waals surface area contributed by atoms with Gasteiger partial charge in [0.15, 0.2) is 0 Å². The first kappa shape index (κ1) is 12.5. The van der Waals surface area contributed by atoms with Crippen molar-refractivity contribution in [3.05, 3.63) is 46.5 Å². The summed E-state index contributed by atoms with van der Waals surface area (Å²) in [5.74, 6) is 0.584. The second kappa shape index (κ2) is 4.37. The molecule has 2 heteroatoms. The van der Waals surface area contributed by atoms with Crippen molar-refractivity contribution in [2.75, 3.05) is 0 Å². The number of aromatic hydroxyl groups is 2. The molecule has 0 aliphatic heterocycles. The zero-order valence-corrected chi connectivity index (χ0v) is 11.2. The number of phenolic OH excluding ortho intramolecular Hbond substituents is 2. The monoisotopic (exact) mass is 242 g/mol. The molecule has 0 saturated heterocycles. The molecule has 2 rings (SSSR count). The van der Waals surface area contributed by atoms with Crippen molar-refractivity contribution in [3.63, 3.8) is 0 Å². The van der Waals surface area contributed by atoms with Crippen molar-refractivity contribution in [1.29, 1.82) is 0 Å². The van der Waals surface area contributed by atoms with Crippen LogP contribution in [0.4, 0.5) is 0 Å². The van der Waals surface area contributed by atoms with Gasteiger partial charge in [-0.25, -0.2) is 0 Å². The Hall–Kier alpha value is -1.96. The van der Waals surface area contributed by atoms with E-state index in [1.54, 1.807) is 12.1 Å². The number of phenols is 2. The topological polar surface area (TPSA) is 40.5 Å². The van der Waals surface area contributed by atoms with Crippen LogP contribution in [-0.4, -0.2) is 10.2 Å². The molecule has 0 heterocycles.